The zero-order valence-corrected chi connectivity index (χ0v) is 12.7. The molecule has 0 bridgehead atoms. The Morgan fingerprint density at radius 2 is 2.15 bits per heavy atom. The van der Waals surface area contributed by atoms with E-state index in [4.69, 9.17) is 4.74 Å². The van der Waals surface area contributed by atoms with E-state index in [2.05, 4.69) is 15.0 Å². The Hall–Kier alpha value is -1.18. The molecule has 1 saturated carbocycles. The van der Waals surface area contributed by atoms with Crippen LogP contribution in [0.25, 0.3) is 0 Å². The molecule has 1 fully saturated rings. The van der Waals surface area contributed by atoms with E-state index in [0.717, 1.165) is 19.3 Å². The second-order valence-electron chi connectivity index (χ2n) is 5.20. The van der Waals surface area contributed by atoms with Gasteiger partial charge in [0, 0.05) is 33.5 Å². The molecule has 7 heteroatoms. The Kier molecular flexibility index (Phi) is 4.62. The molecular weight excluding hydrogens is 278 g/mol. The smallest absolute Gasteiger partial charge is 0.242 e. The van der Waals surface area contributed by atoms with E-state index in [1.165, 1.54) is 6.20 Å². The number of methoxy groups -OCH3 is 1. The predicted octanol–water partition coefficient (Wildman–Crippen LogP) is 1.22. The molecule has 0 atom stereocenters. The molecular formula is C13H21N3O3S. The quantitative estimate of drug-likeness (QED) is 0.754. The summed E-state index contributed by atoms with van der Waals surface area (Å²) >= 11 is 0. The molecule has 6 nitrogen and oxygen atoms in total. The van der Waals surface area contributed by atoms with Crippen LogP contribution in [0, 0.1) is 5.41 Å². The lowest BCUT2D eigenvalue weighted by atomic mass is 10.0. The summed E-state index contributed by atoms with van der Waals surface area (Å²) in [4.78, 5) is 4.22. The molecule has 0 amide bonds. The van der Waals surface area contributed by atoms with Crippen LogP contribution in [0.5, 0.6) is 0 Å². The Balaban J connectivity index is 1.97. The van der Waals surface area contributed by atoms with Gasteiger partial charge in [0.25, 0.3) is 0 Å². The van der Waals surface area contributed by atoms with Gasteiger partial charge in [0.15, 0.2) is 0 Å². The zero-order valence-electron chi connectivity index (χ0n) is 11.8. The van der Waals surface area contributed by atoms with E-state index in [1.54, 1.807) is 26.3 Å². The number of nitrogens with one attached hydrogen (secondary N) is 2. The Morgan fingerprint density at radius 3 is 2.65 bits per heavy atom. The average Bonchev–Trinajstić information content (AvgIpc) is 3.24. The molecule has 2 N–H and O–H groups in total. The van der Waals surface area contributed by atoms with Crippen molar-refractivity contribution in [3.63, 3.8) is 0 Å². The van der Waals surface area contributed by atoms with E-state index < -0.39 is 10.0 Å². The van der Waals surface area contributed by atoms with Gasteiger partial charge >= 0.3 is 0 Å². The first-order chi connectivity index (χ1) is 9.51. The summed E-state index contributed by atoms with van der Waals surface area (Å²) in [6.07, 6.45) is 4.36. The van der Waals surface area contributed by atoms with Crippen LogP contribution in [-0.2, 0) is 14.8 Å². The third-order valence-electron chi connectivity index (χ3n) is 3.73. The van der Waals surface area contributed by atoms with Crippen molar-refractivity contribution in [1.82, 2.24) is 9.71 Å². The topological polar surface area (TPSA) is 80.3 Å². The van der Waals surface area contributed by atoms with Crippen molar-refractivity contribution in [1.29, 1.82) is 0 Å². The van der Waals surface area contributed by atoms with Gasteiger partial charge in [-0.3, -0.25) is 0 Å². The van der Waals surface area contributed by atoms with Gasteiger partial charge in [0.2, 0.25) is 10.0 Å². The molecule has 0 unspecified atom stereocenters. The number of hydrogen-bond donors (Lipinski definition) is 2. The summed E-state index contributed by atoms with van der Waals surface area (Å²) in [6, 6.07) is 3.20. The zero-order chi connectivity index (χ0) is 14.6. The summed E-state index contributed by atoms with van der Waals surface area (Å²) < 4.78 is 32.1. The summed E-state index contributed by atoms with van der Waals surface area (Å²) in [5.74, 6) is 0.641. The van der Waals surface area contributed by atoms with E-state index in [-0.39, 0.29) is 10.3 Å². The lowest BCUT2D eigenvalue weighted by Gasteiger charge is -2.15. The van der Waals surface area contributed by atoms with Crippen LogP contribution in [0.3, 0.4) is 0 Å². The number of anilines is 1. The van der Waals surface area contributed by atoms with Gasteiger partial charge in [0.1, 0.15) is 10.7 Å². The third kappa shape index (κ3) is 3.68. The molecule has 1 aromatic rings. The molecule has 0 aliphatic heterocycles. The number of ether oxygens (including phenoxy) is 1. The molecule has 0 spiro atoms. The van der Waals surface area contributed by atoms with E-state index in [9.17, 15) is 8.42 Å². The number of hydrogen-bond acceptors (Lipinski definition) is 5. The Morgan fingerprint density at radius 1 is 1.40 bits per heavy atom. The van der Waals surface area contributed by atoms with Crippen LogP contribution in [0.1, 0.15) is 19.3 Å². The van der Waals surface area contributed by atoms with E-state index >= 15 is 0 Å². The van der Waals surface area contributed by atoms with Crippen molar-refractivity contribution in [2.75, 3.05) is 32.6 Å². The summed E-state index contributed by atoms with van der Waals surface area (Å²) in [6.45, 7) is 1.13. The van der Waals surface area contributed by atoms with Gasteiger partial charge in [-0.15, -0.1) is 0 Å². The highest BCUT2D eigenvalue weighted by Gasteiger charge is 2.42. The highest BCUT2D eigenvalue weighted by atomic mass is 32.2. The first-order valence-corrected chi connectivity index (χ1v) is 8.12. The molecule has 20 heavy (non-hydrogen) atoms. The van der Waals surface area contributed by atoms with Crippen LogP contribution < -0.4 is 10.0 Å². The monoisotopic (exact) mass is 299 g/mol. The summed E-state index contributed by atoms with van der Waals surface area (Å²) in [7, 11) is -0.0851. The number of aromatic nitrogens is 1. The van der Waals surface area contributed by atoms with Crippen molar-refractivity contribution in [2.24, 2.45) is 5.41 Å². The number of nitrogens with zero attached hydrogens (tertiary/aromatic N) is 1. The highest BCUT2D eigenvalue weighted by molar-refractivity contribution is 7.89. The standard InChI is InChI=1S/C13H21N3O3S/c1-14-12-4-3-11(9-15-12)20(17,18)16-10-13(5-6-13)7-8-19-2/h3-4,9,16H,5-8,10H2,1-2H3,(H,14,15). The van der Waals surface area contributed by atoms with Crippen molar-refractivity contribution in [2.45, 2.75) is 24.2 Å². The largest absolute Gasteiger partial charge is 0.385 e. The number of rotatable bonds is 8. The van der Waals surface area contributed by atoms with Crippen molar-refractivity contribution >= 4 is 15.8 Å². The van der Waals surface area contributed by atoms with Crippen LogP contribution >= 0.6 is 0 Å². The third-order valence-corrected chi connectivity index (χ3v) is 5.12. The Bertz CT molecular complexity index is 538. The maximum absolute atomic E-state index is 12.2. The average molecular weight is 299 g/mol. The molecule has 1 aliphatic carbocycles. The van der Waals surface area contributed by atoms with Crippen LogP contribution in [0.15, 0.2) is 23.2 Å². The molecule has 1 aromatic heterocycles. The van der Waals surface area contributed by atoms with Gasteiger partial charge in [0.05, 0.1) is 0 Å². The number of pyridine rings is 1. The second kappa shape index (κ2) is 6.07. The van der Waals surface area contributed by atoms with Gasteiger partial charge in [-0.05, 0) is 36.8 Å². The minimum Gasteiger partial charge on any atom is -0.385 e. The number of sulfonamides is 1. The van der Waals surface area contributed by atoms with Gasteiger partial charge in [-0.25, -0.2) is 18.1 Å². The van der Waals surface area contributed by atoms with E-state index in [0.29, 0.717) is 19.0 Å². The predicted molar refractivity (Wildman–Crippen MR) is 77.1 cm³/mol. The fourth-order valence-electron chi connectivity index (χ4n) is 2.03. The molecule has 0 radical (unpaired) electrons. The van der Waals surface area contributed by atoms with Crippen molar-refractivity contribution in [3.05, 3.63) is 18.3 Å². The van der Waals surface area contributed by atoms with Crippen LogP contribution in [0.2, 0.25) is 0 Å². The first kappa shape index (κ1) is 15.2. The lowest BCUT2D eigenvalue weighted by Crippen LogP contribution is -2.31. The molecule has 2 rings (SSSR count). The van der Waals surface area contributed by atoms with Crippen molar-refractivity contribution < 1.29 is 13.2 Å². The molecule has 1 heterocycles. The first-order valence-electron chi connectivity index (χ1n) is 6.64. The maximum atomic E-state index is 12.2. The Labute approximate surface area is 120 Å². The van der Waals surface area contributed by atoms with Gasteiger partial charge in [-0.1, -0.05) is 0 Å². The van der Waals surface area contributed by atoms with Gasteiger partial charge in [-0.2, -0.15) is 0 Å². The minimum atomic E-state index is -3.48. The summed E-state index contributed by atoms with van der Waals surface area (Å²) in [5.41, 5.74) is 0.0847. The molecule has 112 valence electrons. The highest BCUT2D eigenvalue weighted by Crippen LogP contribution is 2.48. The second-order valence-corrected chi connectivity index (χ2v) is 6.96. The fraction of sp³-hybridized carbons (Fsp3) is 0.615. The maximum Gasteiger partial charge on any atom is 0.242 e. The summed E-state index contributed by atoms with van der Waals surface area (Å²) in [5, 5.41) is 2.85. The van der Waals surface area contributed by atoms with E-state index in [1.807, 2.05) is 0 Å². The normalized spacial score (nSPS) is 16.9. The minimum absolute atomic E-state index is 0.0847. The molecule has 0 aromatic carbocycles. The van der Waals surface area contributed by atoms with Crippen LogP contribution in [-0.4, -0.2) is 40.7 Å². The van der Waals surface area contributed by atoms with Crippen LogP contribution in [0.4, 0.5) is 5.82 Å². The molecule has 0 saturated heterocycles. The fourth-order valence-corrected chi connectivity index (χ4v) is 3.13. The van der Waals surface area contributed by atoms with Gasteiger partial charge < -0.3 is 10.1 Å². The SMILES string of the molecule is CNc1ccc(S(=O)(=O)NCC2(CCOC)CC2)cn1. The molecule has 1 aliphatic rings. The van der Waals surface area contributed by atoms with Crippen molar-refractivity contribution in [3.8, 4) is 0 Å². The lowest BCUT2D eigenvalue weighted by molar-refractivity contribution is 0.173.